The van der Waals surface area contributed by atoms with Crippen LogP contribution >= 0.6 is 23.2 Å². The number of alkyl halides is 1. The molecule has 0 bridgehead atoms. The zero-order valence-corrected chi connectivity index (χ0v) is 12.4. The van der Waals surface area contributed by atoms with Crippen LogP contribution in [0.4, 0.5) is 4.39 Å². The van der Waals surface area contributed by atoms with E-state index >= 15 is 0 Å². The van der Waals surface area contributed by atoms with Crippen molar-refractivity contribution in [2.75, 3.05) is 6.54 Å². The van der Waals surface area contributed by atoms with Gasteiger partial charge >= 0.3 is 0 Å². The lowest BCUT2D eigenvalue weighted by atomic mass is 10.3. The SMILES string of the molecule is CCNC(=O)CCn1c(CCl)nc2cc(F)c(Cl)cc21. The molecule has 108 valence electrons. The molecule has 1 aromatic carbocycles. The van der Waals surface area contributed by atoms with E-state index in [1.165, 1.54) is 12.1 Å². The highest BCUT2D eigenvalue weighted by atomic mass is 35.5. The van der Waals surface area contributed by atoms with Crippen LogP contribution in [0.15, 0.2) is 12.1 Å². The summed E-state index contributed by atoms with van der Waals surface area (Å²) in [6.07, 6.45) is 0.304. The Balaban J connectivity index is 2.35. The van der Waals surface area contributed by atoms with Gasteiger partial charge in [-0.25, -0.2) is 9.37 Å². The van der Waals surface area contributed by atoms with Gasteiger partial charge in [0.25, 0.3) is 0 Å². The predicted octanol–water partition coefficient (Wildman–Crippen LogP) is 3.09. The molecule has 7 heteroatoms. The minimum Gasteiger partial charge on any atom is -0.356 e. The van der Waals surface area contributed by atoms with Crippen molar-refractivity contribution in [3.8, 4) is 0 Å². The molecule has 0 radical (unpaired) electrons. The molecule has 1 heterocycles. The van der Waals surface area contributed by atoms with Crippen molar-refractivity contribution < 1.29 is 9.18 Å². The Morgan fingerprint density at radius 2 is 2.25 bits per heavy atom. The Morgan fingerprint density at radius 1 is 1.50 bits per heavy atom. The van der Waals surface area contributed by atoms with E-state index in [9.17, 15) is 9.18 Å². The third-order valence-electron chi connectivity index (χ3n) is 2.93. The highest BCUT2D eigenvalue weighted by Crippen LogP contribution is 2.24. The number of rotatable bonds is 5. The molecule has 0 saturated carbocycles. The normalized spacial score (nSPS) is 11.0. The van der Waals surface area contributed by atoms with E-state index in [4.69, 9.17) is 23.2 Å². The summed E-state index contributed by atoms with van der Waals surface area (Å²) in [5.41, 5.74) is 1.16. The Bertz CT molecular complexity index is 642. The number of carbonyl (C=O) groups excluding carboxylic acids is 1. The van der Waals surface area contributed by atoms with Crippen LogP contribution in [0.5, 0.6) is 0 Å². The molecule has 0 aliphatic heterocycles. The molecular weight excluding hydrogens is 304 g/mol. The number of nitrogens with zero attached hydrogens (tertiary/aromatic N) is 2. The van der Waals surface area contributed by atoms with Crippen LogP contribution in [0.1, 0.15) is 19.2 Å². The summed E-state index contributed by atoms with van der Waals surface area (Å²) in [5, 5.41) is 2.75. The summed E-state index contributed by atoms with van der Waals surface area (Å²) in [5.74, 6) is 0.202. The maximum atomic E-state index is 13.4. The summed E-state index contributed by atoms with van der Waals surface area (Å²) in [7, 11) is 0. The minimum atomic E-state index is -0.520. The number of amides is 1. The van der Waals surface area contributed by atoms with Gasteiger partial charge in [-0.3, -0.25) is 4.79 Å². The molecule has 4 nitrogen and oxygen atoms in total. The van der Waals surface area contributed by atoms with Crippen LogP contribution in [0.3, 0.4) is 0 Å². The Hall–Kier alpha value is -1.33. The zero-order valence-electron chi connectivity index (χ0n) is 10.9. The van der Waals surface area contributed by atoms with Crippen LogP contribution in [-0.2, 0) is 17.2 Å². The molecule has 20 heavy (non-hydrogen) atoms. The third kappa shape index (κ3) is 3.04. The molecule has 0 saturated heterocycles. The lowest BCUT2D eigenvalue weighted by Gasteiger charge is -2.08. The Kier molecular flexibility index (Phi) is 4.83. The number of aromatic nitrogens is 2. The number of benzene rings is 1. The second kappa shape index (κ2) is 6.41. The second-order valence-electron chi connectivity index (χ2n) is 4.27. The second-order valence-corrected chi connectivity index (χ2v) is 4.95. The Labute approximate surface area is 125 Å². The topological polar surface area (TPSA) is 46.9 Å². The average molecular weight is 318 g/mol. The van der Waals surface area contributed by atoms with Gasteiger partial charge in [-0.1, -0.05) is 11.6 Å². The molecule has 1 N–H and O–H groups in total. The molecule has 0 unspecified atom stereocenters. The van der Waals surface area contributed by atoms with Crippen LogP contribution in [0, 0.1) is 5.82 Å². The number of imidazole rings is 1. The van der Waals surface area contributed by atoms with Gasteiger partial charge in [-0.05, 0) is 13.0 Å². The maximum Gasteiger partial charge on any atom is 0.221 e. The summed E-state index contributed by atoms with van der Waals surface area (Å²) in [6.45, 7) is 2.87. The number of fused-ring (bicyclic) bond motifs is 1. The first-order chi connectivity index (χ1) is 9.56. The van der Waals surface area contributed by atoms with Gasteiger partial charge in [-0.2, -0.15) is 0 Å². The van der Waals surface area contributed by atoms with Crippen LogP contribution < -0.4 is 5.32 Å². The van der Waals surface area contributed by atoms with Gasteiger partial charge in [0.1, 0.15) is 11.6 Å². The van der Waals surface area contributed by atoms with Gasteiger partial charge in [0.05, 0.1) is 21.9 Å². The molecule has 0 aliphatic carbocycles. The molecule has 2 rings (SSSR count). The fourth-order valence-corrected chi connectivity index (χ4v) is 2.38. The van der Waals surface area contributed by atoms with Crippen LogP contribution in [-0.4, -0.2) is 22.0 Å². The molecule has 0 fully saturated rings. The maximum absolute atomic E-state index is 13.4. The van der Waals surface area contributed by atoms with E-state index in [0.717, 1.165) is 0 Å². The number of nitrogens with one attached hydrogen (secondary N) is 1. The van der Waals surface area contributed by atoms with E-state index < -0.39 is 5.82 Å². The summed E-state index contributed by atoms with van der Waals surface area (Å²) in [6, 6.07) is 2.78. The van der Waals surface area contributed by atoms with Gasteiger partial charge in [0.2, 0.25) is 5.91 Å². The lowest BCUT2D eigenvalue weighted by molar-refractivity contribution is -0.121. The fourth-order valence-electron chi connectivity index (χ4n) is 2.02. The average Bonchev–Trinajstić information content (AvgIpc) is 2.74. The quantitative estimate of drug-likeness (QED) is 0.861. The molecule has 1 aromatic heterocycles. The minimum absolute atomic E-state index is 0.0257. The highest BCUT2D eigenvalue weighted by molar-refractivity contribution is 6.31. The van der Waals surface area contributed by atoms with E-state index in [1.807, 2.05) is 6.92 Å². The number of aryl methyl sites for hydroxylation is 1. The number of hydrogen-bond acceptors (Lipinski definition) is 2. The summed E-state index contributed by atoms with van der Waals surface area (Å²) in [4.78, 5) is 15.8. The zero-order chi connectivity index (χ0) is 14.7. The van der Waals surface area contributed by atoms with Gasteiger partial charge in [0.15, 0.2) is 0 Å². The number of carbonyl (C=O) groups is 1. The van der Waals surface area contributed by atoms with Gasteiger partial charge < -0.3 is 9.88 Å². The lowest BCUT2D eigenvalue weighted by Crippen LogP contribution is -2.24. The third-order valence-corrected chi connectivity index (χ3v) is 3.45. The number of halogens is 3. The largest absolute Gasteiger partial charge is 0.356 e. The van der Waals surface area contributed by atoms with E-state index in [1.54, 1.807) is 4.57 Å². The first-order valence-corrected chi connectivity index (χ1v) is 7.14. The van der Waals surface area contributed by atoms with Gasteiger partial charge in [0, 0.05) is 25.6 Å². The monoisotopic (exact) mass is 317 g/mol. The first-order valence-electron chi connectivity index (χ1n) is 6.23. The summed E-state index contributed by atoms with van der Waals surface area (Å²) < 4.78 is 15.2. The Morgan fingerprint density at radius 3 is 2.90 bits per heavy atom. The van der Waals surface area contributed by atoms with Gasteiger partial charge in [-0.15, -0.1) is 11.6 Å². The number of hydrogen-bond donors (Lipinski definition) is 1. The molecule has 0 atom stereocenters. The highest BCUT2D eigenvalue weighted by Gasteiger charge is 2.14. The molecule has 0 spiro atoms. The van der Waals surface area contributed by atoms with Crippen molar-refractivity contribution in [3.63, 3.8) is 0 Å². The van der Waals surface area contributed by atoms with Crippen molar-refractivity contribution in [1.29, 1.82) is 0 Å². The van der Waals surface area contributed by atoms with Crippen molar-refractivity contribution in [1.82, 2.24) is 14.9 Å². The molecular formula is C13H14Cl2FN3O. The van der Waals surface area contributed by atoms with Crippen molar-refractivity contribution in [3.05, 3.63) is 28.8 Å². The fraction of sp³-hybridized carbons (Fsp3) is 0.385. The summed E-state index contributed by atoms with van der Waals surface area (Å²) >= 11 is 11.6. The van der Waals surface area contributed by atoms with Crippen molar-refractivity contribution in [2.24, 2.45) is 0 Å². The van der Waals surface area contributed by atoms with E-state index in [0.29, 0.717) is 36.4 Å². The van der Waals surface area contributed by atoms with Crippen LogP contribution in [0.2, 0.25) is 5.02 Å². The van der Waals surface area contributed by atoms with E-state index in [-0.39, 0.29) is 16.8 Å². The van der Waals surface area contributed by atoms with Crippen molar-refractivity contribution in [2.45, 2.75) is 25.8 Å². The van der Waals surface area contributed by atoms with Crippen molar-refractivity contribution >= 4 is 40.1 Å². The first kappa shape index (κ1) is 15.1. The standard InChI is InChI=1S/C13H14Cl2FN3O/c1-2-17-13(20)3-4-19-11-5-8(15)9(16)6-10(11)18-12(19)7-14/h5-6H,2-4,7H2,1H3,(H,17,20). The van der Waals surface area contributed by atoms with E-state index in [2.05, 4.69) is 10.3 Å². The predicted molar refractivity (Wildman–Crippen MR) is 77.6 cm³/mol. The molecule has 2 aromatic rings. The molecule has 1 amide bonds. The van der Waals surface area contributed by atoms with Crippen LogP contribution in [0.25, 0.3) is 11.0 Å². The smallest absolute Gasteiger partial charge is 0.221 e. The molecule has 0 aliphatic rings.